The van der Waals surface area contributed by atoms with Gasteiger partial charge in [-0.15, -0.1) is 0 Å². The van der Waals surface area contributed by atoms with Gasteiger partial charge in [0.2, 0.25) is 0 Å². The third kappa shape index (κ3) is 2.45. The molecule has 1 N–H and O–H groups in total. The van der Waals surface area contributed by atoms with Gasteiger partial charge in [-0.1, -0.05) is 58.8 Å². The first-order valence-electron chi connectivity index (χ1n) is 7.26. The Bertz CT molecular complexity index is 228. The van der Waals surface area contributed by atoms with Crippen LogP contribution in [0.2, 0.25) is 0 Å². The van der Waals surface area contributed by atoms with Crippen LogP contribution < -0.4 is 0 Å². The average molecular weight is 224 g/mol. The fraction of sp³-hybridized carbons (Fsp3) is 1.00. The summed E-state index contributed by atoms with van der Waals surface area (Å²) in [4.78, 5) is 0. The molecule has 2 rings (SSSR count). The Morgan fingerprint density at radius 3 is 2.19 bits per heavy atom. The van der Waals surface area contributed by atoms with E-state index in [-0.39, 0.29) is 11.0 Å². The second-order valence-electron chi connectivity index (χ2n) is 6.83. The fourth-order valence-electron chi connectivity index (χ4n) is 3.80. The van der Waals surface area contributed by atoms with Crippen LogP contribution in [0, 0.1) is 11.3 Å². The third-order valence-electron chi connectivity index (χ3n) is 5.25. The lowest BCUT2D eigenvalue weighted by Gasteiger charge is -2.48. The molecule has 0 aromatic carbocycles. The quantitative estimate of drug-likeness (QED) is 0.742. The molecule has 0 amide bonds. The van der Waals surface area contributed by atoms with Gasteiger partial charge in [-0.3, -0.25) is 0 Å². The van der Waals surface area contributed by atoms with Crippen molar-refractivity contribution in [1.29, 1.82) is 0 Å². The maximum absolute atomic E-state index is 11.0. The molecule has 2 aliphatic carbocycles. The van der Waals surface area contributed by atoms with Crippen molar-refractivity contribution < 1.29 is 5.11 Å². The highest BCUT2D eigenvalue weighted by atomic mass is 16.3. The molecule has 1 nitrogen and oxygen atoms in total. The Kier molecular flexibility index (Phi) is 3.63. The lowest BCUT2D eigenvalue weighted by Crippen LogP contribution is -2.48. The zero-order valence-electron chi connectivity index (χ0n) is 11.1. The van der Waals surface area contributed by atoms with Crippen molar-refractivity contribution in [3.63, 3.8) is 0 Å². The van der Waals surface area contributed by atoms with Crippen molar-refractivity contribution in [3.05, 3.63) is 0 Å². The molecule has 0 spiro atoms. The molecular formula is C15H28O. The highest BCUT2D eigenvalue weighted by Gasteiger charge is 2.45. The molecule has 1 atom stereocenters. The number of hydrogen-bond acceptors (Lipinski definition) is 1. The summed E-state index contributed by atoms with van der Waals surface area (Å²) in [7, 11) is 0. The first-order valence-corrected chi connectivity index (χ1v) is 7.26. The van der Waals surface area contributed by atoms with Crippen molar-refractivity contribution in [2.45, 2.75) is 83.7 Å². The van der Waals surface area contributed by atoms with E-state index in [1.54, 1.807) is 0 Å². The van der Waals surface area contributed by atoms with Gasteiger partial charge in [-0.05, 0) is 30.6 Å². The predicted octanol–water partition coefficient (Wildman–Crippen LogP) is 4.29. The SMILES string of the molecule is CC1(C)CCCCC1(O)CC1CCCCC1. The van der Waals surface area contributed by atoms with E-state index in [2.05, 4.69) is 13.8 Å². The van der Waals surface area contributed by atoms with Gasteiger partial charge in [-0.2, -0.15) is 0 Å². The van der Waals surface area contributed by atoms with Crippen molar-refractivity contribution in [3.8, 4) is 0 Å². The monoisotopic (exact) mass is 224 g/mol. The van der Waals surface area contributed by atoms with Crippen LogP contribution in [-0.2, 0) is 0 Å². The van der Waals surface area contributed by atoms with Crippen LogP contribution in [0.15, 0.2) is 0 Å². The van der Waals surface area contributed by atoms with E-state index in [4.69, 9.17) is 0 Å². The van der Waals surface area contributed by atoms with Crippen molar-refractivity contribution in [2.75, 3.05) is 0 Å². The van der Waals surface area contributed by atoms with Crippen LogP contribution in [0.25, 0.3) is 0 Å². The van der Waals surface area contributed by atoms with Gasteiger partial charge < -0.3 is 5.11 Å². The highest BCUT2D eigenvalue weighted by Crippen LogP contribution is 2.48. The molecule has 2 fully saturated rings. The average Bonchev–Trinajstić information content (AvgIpc) is 2.24. The second kappa shape index (κ2) is 4.68. The summed E-state index contributed by atoms with van der Waals surface area (Å²) in [6.45, 7) is 4.55. The second-order valence-corrected chi connectivity index (χ2v) is 6.83. The molecule has 16 heavy (non-hydrogen) atoms. The van der Waals surface area contributed by atoms with Gasteiger partial charge in [-0.25, -0.2) is 0 Å². The van der Waals surface area contributed by atoms with Crippen molar-refractivity contribution in [2.24, 2.45) is 11.3 Å². The summed E-state index contributed by atoms with van der Waals surface area (Å²) in [5, 5.41) is 11.0. The lowest BCUT2D eigenvalue weighted by atomic mass is 9.61. The van der Waals surface area contributed by atoms with E-state index in [9.17, 15) is 5.11 Å². The van der Waals surface area contributed by atoms with Crippen LogP contribution in [0.4, 0.5) is 0 Å². The summed E-state index contributed by atoms with van der Waals surface area (Å²) in [5.74, 6) is 0.802. The topological polar surface area (TPSA) is 20.2 Å². The fourth-order valence-corrected chi connectivity index (χ4v) is 3.80. The van der Waals surface area contributed by atoms with Gasteiger partial charge in [0, 0.05) is 0 Å². The van der Waals surface area contributed by atoms with Crippen molar-refractivity contribution >= 4 is 0 Å². The molecule has 0 bridgehead atoms. The molecule has 94 valence electrons. The van der Waals surface area contributed by atoms with Gasteiger partial charge in [0.1, 0.15) is 0 Å². The third-order valence-corrected chi connectivity index (χ3v) is 5.25. The molecule has 0 radical (unpaired) electrons. The Morgan fingerprint density at radius 1 is 0.938 bits per heavy atom. The summed E-state index contributed by atoms with van der Waals surface area (Å²) in [6, 6.07) is 0. The molecular weight excluding hydrogens is 196 g/mol. The number of rotatable bonds is 2. The van der Waals surface area contributed by atoms with Gasteiger partial charge in [0.25, 0.3) is 0 Å². The Hall–Kier alpha value is -0.0400. The highest BCUT2D eigenvalue weighted by molar-refractivity contribution is 4.97. The van der Waals surface area contributed by atoms with Crippen LogP contribution >= 0.6 is 0 Å². The van der Waals surface area contributed by atoms with E-state index in [0.29, 0.717) is 0 Å². The maximum Gasteiger partial charge on any atom is 0.0701 e. The van der Waals surface area contributed by atoms with Crippen LogP contribution in [-0.4, -0.2) is 10.7 Å². The molecule has 0 saturated heterocycles. The summed E-state index contributed by atoms with van der Waals surface area (Å²) in [6.07, 6.45) is 12.8. The van der Waals surface area contributed by atoms with E-state index >= 15 is 0 Å². The molecule has 0 aliphatic heterocycles. The first kappa shape index (κ1) is 12.4. The Balaban J connectivity index is 1.99. The molecule has 0 heterocycles. The van der Waals surface area contributed by atoms with E-state index in [0.717, 1.165) is 18.8 Å². The summed E-state index contributed by atoms with van der Waals surface area (Å²) < 4.78 is 0. The number of hydrogen-bond donors (Lipinski definition) is 1. The summed E-state index contributed by atoms with van der Waals surface area (Å²) in [5.41, 5.74) is -0.226. The van der Waals surface area contributed by atoms with Crippen LogP contribution in [0.5, 0.6) is 0 Å². The van der Waals surface area contributed by atoms with Gasteiger partial charge in [0.05, 0.1) is 5.60 Å². The minimum Gasteiger partial charge on any atom is -0.389 e. The molecule has 1 unspecified atom stereocenters. The minimum atomic E-state index is -0.368. The predicted molar refractivity (Wildman–Crippen MR) is 68.4 cm³/mol. The minimum absolute atomic E-state index is 0.142. The molecule has 0 aromatic heterocycles. The van der Waals surface area contributed by atoms with Gasteiger partial charge >= 0.3 is 0 Å². The Morgan fingerprint density at radius 2 is 1.56 bits per heavy atom. The zero-order valence-corrected chi connectivity index (χ0v) is 11.1. The maximum atomic E-state index is 11.0. The van der Waals surface area contributed by atoms with E-state index in [1.165, 1.54) is 51.4 Å². The summed E-state index contributed by atoms with van der Waals surface area (Å²) >= 11 is 0. The molecule has 2 aliphatic rings. The standard InChI is InChI=1S/C15H28O/c1-14(2)10-6-7-11-15(14,16)12-13-8-4-3-5-9-13/h13,16H,3-12H2,1-2H3. The molecule has 2 saturated carbocycles. The van der Waals surface area contributed by atoms with Crippen LogP contribution in [0.1, 0.15) is 78.1 Å². The molecule has 0 aromatic rings. The lowest BCUT2D eigenvalue weighted by molar-refractivity contribution is -0.114. The van der Waals surface area contributed by atoms with Crippen molar-refractivity contribution in [1.82, 2.24) is 0 Å². The largest absolute Gasteiger partial charge is 0.389 e. The Labute approximate surface area is 101 Å². The first-order chi connectivity index (χ1) is 7.54. The van der Waals surface area contributed by atoms with Crippen LogP contribution in [0.3, 0.4) is 0 Å². The molecule has 1 heteroatoms. The van der Waals surface area contributed by atoms with E-state index in [1.807, 2.05) is 0 Å². The smallest absolute Gasteiger partial charge is 0.0701 e. The van der Waals surface area contributed by atoms with Gasteiger partial charge in [0.15, 0.2) is 0 Å². The number of aliphatic hydroxyl groups is 1. The van der Waals surface area contributed by atoms with E-state index < -0.39 is 0 Å². The normalized spacial score (nSPS) is 36.2. The zero-order chi connectivity index (χ0) is 11.6.